The molecule has 2 fully saturated rings. The van der Waals surface area contributed by atoms with Crippen LogP contribution in [0.5, 0.6) is 0 Å². The lowest BCUT2D eigenvalue weighted by Crippen LogP contribution is -2.29. The maximum atomic E-state index is 10.8. The van der Waals surface area contributed by atoms with E-state index in [-0.39, 0.29) is 6.04 Å². The van der Waals surface area contributed by atoms with E-state index in [1.54, 1.807) is 0 Å². The van der Waals surface area contributed by atoms with Crippen LogP contribution >= 0.6 is 0 Å². The van der Waals surface area contributed by atoms with E-state index < -0.39 is 5.97 Å². The molecule has 0 bridgehead atoms. The predicted octanol–water partition coefficient (Wildman–Crippen LogP) is 1.63. The molecule has 3 nitrogen and oxygen atoms in total. The van der Waals surface area contributed by atoms with Crippen LogP contribution in [0.15, 0.2) is 0 Å². The number of aliphatic carboxylic acids is 1. The van der Waals surface area contributed by atoms with Crippen molar-refractivity contribution < 1.29 is 9.90 Å². The number of nitrogens with one attached hydrogen (secondary N) is 1. The summed E-state index contributed by atoms with van der Waals surface area (Å²) >= 11 is 0. The van der Waals surface area contributed by atoms with Crippen LogP contribution in [-0.2, 0) is 4.79 Å². The van der Waals surface area contributed by atoms with Gasteiger partial charge >= 0.3 is 5.97 Å². The third-order valence-electron chi connectivity index (χ3n) is 3.78. The summed E-state index contributed by atoms with van der Waals surface area (Å²) in [4.78, 5) is 10.8. The third kappa shape index (κ3) is 2.08. The van der Waals surface area contributed by atoms with Gasteiger partial charge in [0, 0.05) is 0 Å². The summed E-state index contributed by atoms with van der Waals surface area (Å²) in [6, 6.07) is -0.276. The molecule has 1 saturated carbocycles. The highest BCUT2D eigenvalue weighted by Crippen LogP contribution is 2.34. The fourth-order valence-electron chi connectivity index (χ4n) is 2.92. The summed E-state index contributed by atoms with van der Waals surface area (Å²) in [5, 5.41) is 12.0. The van der Waals surface area contributed by atoms with E-state index in [1.165, 1.54) is 32.1 Å². The predicted molar refractivity (Wildman–Crippen MR) is 54.1 cm³/mol. The lowest BCUT2D eigenvalue weighted by atomic mass is 9.79. The van der Waals surface area contributed by atoms with Crippen LogP contribution in [0.1, 0.15) is 38.5 Å². The molecule has 1 saturated heterocycles. The third-order valence-corrected chi connectivity index (χ3v) is 3.78. The Morgan fingerprint density at radius 3 is 2.43 bits per heavy atom. The first-order valence-electron chi connectivity index (χ1n) is 5.73. The SMILES string of the molecule is O=C(O)[C@H]1C[C@H](C2CCCCC2)CN1. The maximum absolute atomic E-state index is 10.8. The van der Waals surface area contributed by atoms with Gasteiger partial charge in [-0.25, -0.2) is 0 Å². The minimum absolute atomic E-state index is 0.276. The van der Waals surface area contributed by atoms with E-state index in [1.807, 2.05) is 0 Å². The molecule has 1 aliphatic carbocycles. The van der Waals surface area contributed by atoms with Crippen molar-refractivity contribution in [2.24, 2.45) is 11.8 Å². The molecule has 0 aromatic heterocycles. The number of carbonyl (C=O) groups is 1. The molecule has 2 atom stereocenters. The van der Waals surface area contributed by atoms with Gasteiger partial charge in [0.1, 0.15) is 6.04 Å². The van der Waals surface area contributed by atoms with E-state index in [0.29, 0.717) is 5.92 Å². The van der Waals surface area contributed by atoms with E-state index in [2.05, 4.69) is 5.32 Å². The Hall–Kier alpha value is -0.570. The Morgan fingerprint density at radius 2 is 1.86 bits per heavy atom. The second-order valence-corrected chi connectivity index (χ2v) is 4.69. The molecule has 1 aliphatic heterocycles. The monoisotopic (exact) mass is 197 g/mol. The van der Waals surface area contributed by atoms with Gasteiger partial charge in [-0.1, -0.05) is 32.1 Å². The highest BCUT2D eigenvalue weighted by atomic mass is 16.4. The number of carboxylic acid groups (broad SMARTS) is 1. The molecule has 2 N–H and O–H groups in total. The zero-order chi connectivity index (χ0) is 9.97. The zero-order valence-electron chi connectivity index (χ0n) is 8.54. The summed E-state index contributed by atoms with van der Waals surface area (Å²) in [5.74, 6) is 0.736. The van der Waals surface area contributed by atoms with Crippen LogP contribution in [0.2, 0.25) is 0 Å². The smallest absolute Gasteiger partial charge is 0.320 e. The number of hydrogen-bond acceptors (Lipinski definition) is 2. The van der Waals surface area contributed by atoms with Crippen LogP contribution in [0.25, 0.3) is 0 Å². The Labute approximate surface area is 84.9 Å². The lowest BCUT2D eigenvalue weighted by Gasteiger charge is -2.26. The maximum Gasteiger partial charge on any atom is 0.320 e. The van der Waals surface area contributed by atoms with Crippen LogP contribution in [0.3, 0.4) is 0 Å². The topological polar surface area (TPSA) is 49.3 Å². The summed E-state index contributed by atoms with van der Waals surface area (Å²) in [7, 11) is 0. The molecular weight excluding hydrogens is 178 g/mol. The van der Waals surface area contributed by atoms with Crippen LogP contribution in [0.4, 0.5) is 0 Å². The van der Waals surface area contributed by atoms with Gasteiger partial charge in [-0.05, 0) is 24.8 Å². The first kappa shape index (κ1) is 9.97. The average molecular weight is 197 g/mol. The van der Waals surface area contributed by atoms with Crippen molar-refractivity contribution in [3.8, 4) is 0 Å². The molecular formula is C11H19NO2. The highest BCUT2D eigenvalue weighted by Gasteiger charge is 2.34. The van der Waals surface area contributed by atoms with E-state index in [4.69, 9.17) is 5.11 Å². The van der Waals surface area contributed by atoms with Crippen LogP contribution < -0.4 is 5.32 Å². The van der Waals surface area contributed by atoms with Gasteiger partial charge in [0.2, 0.25) is 0 Å². The van der Waals surface area contributed by atoms with E-state index in [0.717, 1.165) is 18.9 Å². The van der Waals surface area contributed by atoms with Gasteiger partial charge in [-0.15, -0.1) is 0 Å². The standard InChI is InChI=1S/C11H19NO2/c13-11(14)10-6-9(7-12-10)8-4-2-1-3-5-8/h8-10,12H,1-7H2,(H,13,14)/t9-,10+/m0/s1. The van der Waals surface area contributed by atoms with Crippen LogP contribution in [0, 0.1) is 11.8 Å². The molecule has 2 rings (SSSR count). The van der Waals surface area contributed by atoms with Gasteiger partial charge < -0.3 is 10.4 Å². The molecule has 0 aromatic carbocycles. The molecule has 0 spiro atoms. The Balaban J connectivity index is 1.85. The van der Waals surface area contributed by atoms with E-state index >= 15 is 0 Å². The van der Waals surface area contributed by atoms with Gasteiger partial charge in [-0.2, -0.15) is 0 Å². The fourth-order valence-corrected chi connectivity index (χ4v) is 2.92. The minimum atomic E-state index is -0.677. The van der Waals surface area contributed by atoms with Crippen molar-refractivity contribution in [2.45, 2.75) is 44.6 Å². The van der Waals surface area contributed by atoms with Gasteiger partial charge in [-0.3, -0.25) is 4.79 Å². The van der Waals surface area contributed by atoms with Crippen LogP contribution in [-0.4, -0.2) is 23.7 Å². The molecule has 80 valence electrons. The molecule has 1 heterocycles. The Bertz CT molecular complexity index is 211. The molecule has 2 aliphatic rings. The molecule has 3 heteroatoms. The quantitative estimate of drug-likeness (QED) is 0.707. The second-order valence-electron chi connectivity index (χ2n) is 4.69. The lowest BCUT2D eigenvalue weighted by molar-refractivity contribution is -0.139. The van der Waals surface area contributed by atoms with E-state index in [9.17, 15) is 4.79 Å². The second kappa shape index (κ2) is 4.30. The Kier molecular flexibility index (Phi) is 3.06. The molecule has 14 heavy (non-hydrogen) atoms. The zero-order valence-corrected chi connectivity index (χ0v) is 8.54. The Morgan fingerprint density at radius 1 is 1.14 bits per heavy atom. The number of rotatable bonds is 2. The van der Waals surface area contributed by atoms with Crippen molar-refractivity contribution in [1.82, 2.24) is 5.32 Å². The van der Waals surface area contributed by atoms with Crippen molar-refractivity contribution >= 4 is 5.97 Å². The van der Waals surface area contributed by atoms with Crippen molar-refractivity contribution in [3.63, 3.8) is 0 Å². The molecule has 0 amide bonds. The summed E-state index contributed by atoms with van der Waals surface area (Å²) in [6.07, 6.45) is 7.55. The first-order chi connectivity index (χ1) is 6.77. The summed E-state index contributed by atoms with van der Waals surface area (Å²) < 4.78 is 0. The van der Waals surface area contributed by atoms with Gasteiger partial charge in [0.15, 0.2) is 0 Å². The largest absolute Gasteiger partial charge is 0.480 e. The molecule has 0 unspecified atom stereocenters. The number of carboxylic acids is 1. The molecule has 0 radical (unpaired) electrons. The van der Waals surface area contributed by atoms with Crippen molar-refractivity contribution in [2.75, 3.05) is 6.54 Å². The summed E-state index contributed by atoms with van der Waals surface area (Å²) in [6.45, 7) is 0.918. The van der Waals surface area contributed by atoms with Crippen molar-refractivity contribution in [1.29, 1.82) is 0 Å². The normalized spacial score (nSPS) is 34.6. The molecule has 0 aromatic rings. The average Bonchev–Trinajstić information content (AvgIpc) is 2.68. The van der Waals surface area contributed by atoms with Gasteiger partial charge in [0.25, 0.3) is 0 Å². The highest BCUT2D eigenvalue weighted by molar-refractivity contribution is 5.73. The summed E-state index contributed by atoms with van der Waals surface area (Å²) in [5.41, 5.74) is 0. The first-order valence-corrected chi connectivity index (χ1v) is 5.73. The van der Waals surface area contributed by atoms with Gasteiger partial charge in [0.05, 0.1) is 0 Å². The fraction of sp³-hybridized carbons (Fsp3) is 0.909. The van der Waals surface area contributed by atoms with Crippen molar-refractivity contribution in [3.05, 3.63) is 0 Å². The number of hydrogen-bond donors (Lipinski definition) is 2. The minimum Gasteiger partial charge on any atom is -0.480 e.